The molecular weight excluding hydrogens is 256 g/mol. The summed E-state index contributed by atoms with van der Waals surface area (Å²) in [4.78, 5) is 12.9. The van der Waals surface area contributed by atoms with Gasteiger partial charge in [0.1, 0.15) is 6.61 Å². The minimum atomic E-state index is -0.442. The van der Waals surface area contributed by atoms with Gasteiger partial charge in [0.25, 0.3) is 0 Å². The lowest BCUT2D eigenvalue weighted by atomic mass is 9.97. The van der Waals surface area contributed by atoms with Crippen molar-refractivity contribution in [2.75, 3.05) is 0 Å². The van der Waals surface area contributed by atoms with E-state index in [1.54, 1.807) is 0 Å². The van der Waals surface area contributed by atoms with E-state index in [-0.39, 0.29) is 10.7 Å². The standard InChI is InChI=1S/C16H24O2S/c1-15(2,3)14(17)18-11-12-7-9-13(10-8-12)19-16(4,5)6/h7-10H,11H2,1-6H3. The van der Waals surface area contributed by atoms with E-state index in [0.717, 1.165) is 5.56 Å². The van der Waals surface area contributed by atoms with Gasteiger partial charge in [0, 0.05) is 9.64 Å². The van der Waals surface area contributed by atoms with Gasteiger partial charge in [-0.1, -0.05) is 32.9 Å². The van der Waals surface area contributed by atoms with Crippen LogP contribution < -0.4 is 0 Å². The summed E-state index contributed by atoms with van der Waals surface area (Å²) in [5, 5.41) is 0. The first-order valence-electron chi connectivity index (χ1n) is 6.53. The average molecular weight is 280 g/mol. The molecule has 0 saturated carbocycles. The lowest BCUT2D eigenvalue weighted by Crippen LogP contribution is -2.22. The van der Waals surface area contributed by atoms with Crippen LogP contribution in [0.3, 0.4) is 0 Å². The van der Waals surface area contributed by atoms with Gasteiger partial charge in [-0.3, -0.25) is 4.79 Å². The maximum absolute atomic E-state index is 11.7. The molecule has 0 amide bonds. The fourth-order valence-electron chi connectivity index (χ4n) is 1.37. The third kappa shape index (κ3) is 6.15. The second-order valence-electron chi connectivity index (χ2n) is 6.68. The molecule has 0 aliphatic carbocycles. The molecule has 0 aromatic heterocycles. The van der Waals surface area contributed by atoms with Gasteiger partial charge in [-0.05, 0) is 38.5 Å². The Morgan fingerprint density at radius 3 is 2.00 bits per heavy atom. The number of hydrogen-bond donors (Lipinski definition) is 0. The Labute approximate surface area is 120 Å². The fraction of sp³-hybridized carbons (Fsp3) is 0.562. The highest BCUT2D eigenvalue weighted by atomic mass is 32.2. The maximum atomic E-state index is 11.7. The van der Waals surface area contributed by atoms with E-state index in [0.29, 0.717) is 6.61 Å². The van der Waals surface area contributed by atoms with Crippen LogP contribution in [0.25, 0.3) is 0 Å². The SMILES string of the molecule is CC(C)(C)Sc1ccc(COC(=O)C(C)(C)C)cc1. The smallest absolute Gasteiger partial charge is 0.311 e. The minimum absolute atomic E-state index is 0.166. The lowest BCUT2D eigenvalue weighted by Gasteiger charge is -2.18. The first-order valence-corrected chi connectivity index (χ1v) is 7.35. The van der Waals surface area contributed by atoms with Gasteiger partial charge in [0.15, 0.2) is 0 Å². The molecule has 1 aromatic rings. The predicted octanol–water partition coefficient (Wildman–Crippen LogP) is 4.67. The van der Waals surface area contributed by atoms with Crippen LogP contribution in [0.15, 0.2) is 29.2 Å². The van der Waals surface area contributed by atoms with Crippen molar-refractivity contribution in [2.45, 2.75) is 57.8 Å². The van der Waals surface area contributed by atoms with Crippen LogP contribution in [-0.2, 0) is 16.1 Å². The molecule has 0 atom stereocenters. The molecule has 1 rings (SSSR count). The molecule has 0 fully saturated rings. The van der Waals surface area contributed by atoms with Crippen molar-refractivity contribution < 1.29 is 9.53 Å². The summed E-state index contributed by atoms with van der Waals surface area (Å²) in [5.74, 6) is -0.166. The van der Waals surface area contributed by atoms with Crippen LogP contribution >= 0.6 is 11.8 Å². The van der Waals surface area contributed by atoms with E-state index in [1.807, 2.05) is 44.7 Å². The van der Waals surface area contributed by atoms with Crippen LogP contribution in [0.5, 0.6) is 0 Å². The molecule has 1 aromatic carbocycles. The highest BCUT2D eigenvalue weighted by Crippen LogP contribution is 2.31. The van der Waals surface area contributed by atoms with E-state index in [4.69, 9.17) is 4.74 Å². The number of benzene rings is 1. The van der Waals surface area contributed by atoms with E-state index in [9.17, 15) is 4.79 Å². The number of carbonyl (C=O) groups is 1. The monoisotopic (exact) mass is 280 g/mol. The van der Waals surface area contributed by atoms with Crippen molar-refractivity contribution >= 4 is 17.7 Å². The molecule has 106 valence electrons. The molecule has 0 bridgehead atoms. The van der Waals surface area contributed by atoms with Gasteiger partial charge in [-0.25, -0.2) is 0 Å². The van der Waals surface area contributed by atoms with Gasteiger partial charge < -0.3 is 4.74 Å². The molecule has 0 heterocycles. The molecule has 0 saturated heterocycles. The van der Waals surface area contributed by atoms with Gasteiger partial charge in [-0.2, -0.15) is 0 Å². The fourth-order valence-corrected chi connectivity index (χ4v) is 2.35. The summed E-state index contributed by atoms with van der Waals surface area (Å²) in [5.41, 5.74) is 0.582. The number of thioether (sulfide) groups is 1. The Bertz CT molecular complexity index is 422. The molecule has 0 aliphatic heterocycles. The van der Waals surface area contributed by atoms with Crippen LogP contribution in [0.4, 0.5) is 0 Å². The van der Waals surface area contributed by atoms with Crippen molar-refractivity contribution in [2.24, 2.45) is 5.41 Å². The largest absolute Gasteiger partial charge is 0.460 e. The van der Waals surface area contributed by atoms with Crippen molar-refractivity contribution in [1.29, 1.82) is 0 Å². The average Bonchev–Trinajstić information content (AvgIpc) is 2.24. The maximum Gasteiger partial charge on any atom is 0.311 e. The number of carbonyl (C=O) groups excluding carboxylic acids is 1. The second-order valence-corrected chi connectivity index (χ2v) is 8.58. The van der Waals surface area contributed by atoms with E-state index in [2.05, 4.69) is 32.9 Å². The summed E-state index contributed by atoms with van der Waals surface area (Å²) in [6.07, 6.45) is 0. The Hall–Kier alpha value is -0.960. The molecule has 0 spiro atoms. The summed E-state index contributed by atoms with van der Waals surface area (Å²) in [6.45, 7) is 12.5. The van der Waals surface area contributed by atoms with E-state index < -0.39 is 5.41 Å². The number of rotatable bonds is 3. The zero-order chi connectivity index (χ0) is 14.7. The third-order valence-electron chi connectivity index (χ3n) is 2.33. The third-order valence-corrected chi connectivity index (χ3v) is 3.45. The minimum Gasteiger partial charge on any atom is -0.460 e. The predicted molar refractivity (Wildman–Crippen MR) is 81.3 cm³/mol. The molecule has 0 N–H and O–H groups in total. The van der Waals surface area contributed by atoms with Crippen molar-refractivity contribution in [1.82, 2.24) is 0 Å². The highest BCUT2D eigenvalue weighted by molar-refractivity contribution is 8.00. The molecule has 2 nitrogen and oxygen atoms in total. The molecule has 0 unspecified atom stereocenters. The van der Waals surface area contributed by atoms with Gasteiger partial charge in [0.05, 0.1) is 5.41 Å². The van der Waals surface area contributed by atoms with Crippen LogP contribution in [0.2, 0.25) is 0 Å². The second kappa shape index (κ2) is 6.00. The van der Waals surface area contributed by atoms with Gasteiger partial charge in [0.2, 0.25) is 0 Å². The van der Waals surface area contributed by atoms with E-state index in [1.165, 1.54) is 4.90 Å². The molecule has 19 heavy (non-hydrogen) atoms. The Morgan fingerprint density at radius 2 is 1.58 bits per heavy atom. The Kier molecular flexibility index (Phi) is 5.08. The van der Waals surface area contributed by atoms with Crippen molar-refractivity contribution in [3.05, 3.63) is 29.8 Å². The van der Waals surface area contributed by atoms with Gasteiger partial charge in [-0.15, -0.1) is 11.8 Å². The van der Waals surface area contributed by atoms with E-state index >= 15 is 0 Å². The zero-order valence-corrected chi connectivity index (χ0v) is 13.6. The topological polar surface area (TPSA) is 26.3 Å². The highest BCUT2D eigenvalue weighted by Gasteiger charge is 2.22. The number of ether oxygens (including phenoxy) is 1. The van der Waals surface area contributed by atoms with Crippen LogP contribution in [-0.4, -0.2) is 10.7 Å². The molecule has 3 heteroatoms. The summed E-state index contributed by atoms with van der Waals surface area (Å²) >= 11 is 1.83. The molecule has 0 aliphatic rings. The Morgan fingerprint density at radius 1 is 1.05 bits per heavy atom. The summed E-state index contributed by atoms with van der Waals surface area (Å²) in [6, 6.07) is 8.19. The number of hydrogen-bond acceptors (Lipinski definition) is 3. The van der Waals surface area contributed by atoms with Crippen LogP contribution in [0, 0.1) is 5.41 Å². The first kappa shape index (κ1) is 16.1. The molecule has 0 radical (unpaired) electrons. The normalized spacial score (nSPS) is 12.3. The summed E-state index contributed by atoms with van der Waals surface area (Å²) < 4.78 is 5.50. The number of esters is 1. The zero-order valence-electron chi connectivity index (χ0n) is 12.7. The van der Waals surface area contributed by atoms with Crippen LogP contribution in [0.1, 0.15) is 47.1 Å². The van der Waals surface area contributed by atoms with Crippen molar-refractivity contribution in [3.63, 3.8) is 0 Å². The van der Waals surface area contributed by atoms with Crippen molar-refractivity contribution in [3.8, 4) is 0 Å². The summed E-state index contributed by atoms with van der Waals surface area (Å²) in [7, 11) is 0. The quantitative estimate of drug-likeness (QED) is 0.594. The Balaban J connectivity index is 2.56. The first-order chi connectivity index (χ1) is 8.58. The lowest BCUT2D eigenvalue weighted by molar-refractivity contribution is -0.154. The van der Waals surface area contributed by atoms with Gasteiger partial charge >= 0.3 is 5.97 Å². The molecular formula is C16H24O2S.